The van der Waals surface area contributed by atoms with Crippen LogP contribution in [0.4, 0.5) is 0 Å². The second-order valence-electron chi connectivity index (χ2n) is 6.87. The summed E-state index contributed by atoms with van der Waals surface area (Å²) in [5.74, 6) is 0.824. The zero-order valence-corrected chi connectivity index (χ0v) is 23.7. The second-order valence-corrected chi connectivity index (χ2v) is 10.5. The zero-order valence-electron chi connectivity index (χ0n) is 17.1. The van der Waals surface area contributed by atoms with Gasteiger partial charge in [0, 0.05) is 13.6 Å². The van der Waals surface area contributed by atoms with E-state index in [1.807, 2.05) is 42.5 Å². The van der Waals surface area contributed by atoms with Crippen molar-refractivity contribution in [2.45, 2.75) is 6.61 Å². The highest BCUT2D eigenvalue weighted by molar-refractivity contribution is 14.1. The van der Waals surface area contributed by atoms with Crippen LogP contribution in [0.25, 0.3) is 6.08 Å². The van der Waals surface area contributed by atoms with Crippen molar-refractivity contribution in [2.24, 2.45) is 4.99 Å². The van der Waals surface area contributed by atoms with Crippen LogP contribution < -0.4 is 9.47 Å². The van der Waals surface area contributed by atoms with Gasteiger partial charge in [-0.1, -0.05) is 45.7 Å². The summed E-state index contributed by atoms with van der Waals surface area (Å²) < 4.78 is 19.7. The zero-order chi connectivity index (χ0) is 23.5. The van der Waals surface area contributed by atoms with Crippen LogP contribution in [0, 0.1) is 7.14 Å². The Balaban J connectivity index is 1.62. The van der Waals surface area contributed by atoms with Gasteiger partial charge >= 0.3 is 5.97 Å². The van der Waals surface area contributed by atoms with Gasteiger partial charge in [0.2, 0.25) is 5.90 Å². The van der Waals surface area contributed by atoms with E-state index in [1.54, 1.807) is 25.3 Å². The third kappa shape index (κ3) is 5.72. The number of carbonyl (C=O) groups excluding carboxylic acids is 1. The molecule has 0 spiro atoms. The van der Waals surface area contributed by atoms with Gasteiger partial charge in [0.05, 0.1) is 21.3 Å². The normalized spacial score (nSPS) is 14.3. The highest BCUT2D eigenvalue weighted by Crippen LogP contribution is 2.36. The van der Waals surface area contributed by atoms with E-state index in [1.165, 1.54) is 0 Å². The molecule has 0 aliphatic carbocycles. The van der Waals surface area contributed by atoms with E-state index >= 15 is 0 Å². The number of hydrogen-bond acceptors (Lipinski definition) is 5. The standard InChI is InChI=1S/C24H15BrClI2NO4/c1-31-21-10-13(8-19(28)22(21)32-12-14-4-2-3-5-17(14)25)9-20-24(30)33-23(29-20)16-11-15(27)6-7-18(16)26/h2-11H,12H2,1H3/b20-9-. The fourth-order valence-corrected chi connectivity index (χ4v) is 4.94. The third-order valence-electron chi connectivity index (χ3n) is 4.66. The molecular weight excluding hydrogens is 735 g/mol. The molecule has 9 heteroatoms. The number of aliphatic imine (C=N–C) groups is 1. The molecule has 0 bridgehead atoms. The fraction of sp³-hybridized carbons (Fsp3) is 0.0833. The maximum absolute atomic E-state index is 12.4. The second kappa shape index (κ2) is 10.7. The molecule has 0 fully saturated rings. The van der Waals surface area contributed by atoms with Crippen LogP contribution in [-0.4, -0.2) is 19.0 Å². The SMILES string of the molecule is COc1cc(/C=C2\N=C(c3cc(I)ccc3Cl)OC2=O)cc(I)c1OCc1ccccc1Br. The summed E-state index contributed by atoms with van der Waals surface area (Å²) in [6.45, 7) is 0.380. The highest BCUT2D eigenvalue weighted by Gasteiger charge is 2.26. The Labute approximate surface area is 231 Å². The lowest BCUT2D eigenvalue weighted by Gasteiger charge is -2.14. The first-order chi connectivity index (χ1) is 15.9. The Morgan fingerprint density at radius 2 is 1.94 bits per heavy atom. The minimum absolute atomic E-state index is 0.180. The van der Waals surface area contributed by atoms with Gasteiger partial charge in [-0.25, -0.2) is 9.79 Å². The summed E-state index contributed by atoms with van der Waals surface area (Å²) >= 11 is 14.1. The topological polar surface area (TPSA) is 57.1 Å². The molecule has 5 nitrogen and oxygen atoms in total. The van der Waals surface area contributed by atoms with E-state index in [4.69, 9.17) is 25.8 Å². The van der Waals surface area contributed by atoms with E-state index in [2.05, 4.69) is 66.1 Å². The molecule has 0 amide bonds. The number of ether oxygens (including phenoxy) is 3. The predicted molar refractivity (Wildman–Crippen MR) is 149 cm³/mol. The van der Waals surface area contributed by atoms with Crippen LogP contribution in [-0.2, 0) is 16.1 Å². The van der Waals surface area contributed by atoms with Gasteiger partial charge in [-0.3, -0.25) is 0 Å². The largest absolute Gasteiger partial charge is 0.493 e. The minimum atomic E-state index is -0.539. The van der Waals surface area contributed by atoms with Crippen molar-refractivity contribution in [1.82, 2.24) is 0 Å². The van der Waals surface area contributed by atoms with Gasteiger partial charge < -0.3 is 14.2 Å². The van der Waals surface area contributed by atoms with Crippen LogP contribution in [0.3, 0.4) is 0 Å². The minimum Gasteiger partial charge on any atom is -0.493 e. The molecule has 0 atom stereocenters. The summed E-state index contributed by atoms with van der Waals surface area (Å²) in [5.41, 5.74) is 2.50. The van der Waals surface area contributed by atoms with Crippen LogP contribution in [0.15, 0.2) is 69.8 Å². The molecule has 0 unspecified atom stereocenters. The van der Waals surface area contributed by atoms with Crippen molar-refractivity contribution >= 4 is 90.7 Å². The Hall–Kier alpha value is -1.63. The molecule has 1 aliphatic heterocycles. The van der Waals surface area contributed by atoms with Crippen LogP contribution in [0.1, 0.15) is 16.7 Å². The maximum atomic E-state index is 12.4. The molecule has 1 heterocycles. The molecule has 3 aromatic carbocycles. The lowest BCUT2D eigenvalue weighted by Crippen LogP contribution is -2.06. The molecule has 0 aromatic heterocycles. The smallest absolute Gasteiger partial charge is 0.363 e. The van der Waals surface area contributed by atoms with Crippen LogP contribution in [0.2, 0.25) is 5.02 Å². The molecule has 0 saturated carbocycles. The summed E-state index contributed by atoms with van der Waals surface area (Å²) in [7, 11) is 1.58. The number of benzene rings is 3. The van der Waals surface area contributed by atoms with Gasteiger partial charge in [-0.05, 0) is 93.2 Å². The Kier molecular flexibility index (Phi) is 7.98. The number of methoxy groups -OCH3 is 1. The van der Waals surface area contributed by atoms with Gasteiger partial charge in [0.15, 0.2) is 17.2 Å². The van der Waals surface area contributed by atoms with E-state index < -0.39 is 5.97 Å². The third-order valence-corrected chi connectivity index (χ3v) is 7.24. The molecule has 0 radical (unpaired) electrons. The van der Waals surface area contributed by atoms with Crippen molar-refractivity contribution in [2.75, 3.05) is 7.11 Å². The number of halogens is 4. The molecule has 33 heavy (non-hydrogen) atoms. The summed E-state index contributed by atoms with van der Waals surface area (Å²) in [5, 5.41) is 0.464. The van der Waals surface area contributed by atoms with E-state index in [9.17, 15) is 4.79 Å². The number of cyclic esters (lactones) is 1. The number of hydrogen-bond donors (Lipinski definition) is 0. The Bertz CT molecular complexity index is 1310. The average Bonchev–Trinajstić information content (AvgIpc) is 3.15. The van der Waals surface area contributed by atoms with E-state index in [-0.39, 0.29) is 11.6 Å². The number of esters is 1. The Morgan fingerprint density at radius 3 is 2.70 bits per heavy atom. The van der Waals surface area contributed by atoms with Crippen LogP contribution >= 0.6 is 72.7 Å². The lowest BCUT2D eigenvalue weighted by molar-refractivity contribution is -0.129. The first kappa shape index (κ1) is 24.5. The molecule has 1 aliphatic rings. The number of carbonyl (C=O) groups is 1. The van der Waals surface area contributed by atoms with Crippen molar-refractivity contribution in [1.29, 1.82) is 0 Å². The number of rotatable bonds is 6. The molecular formula is C24H15BrClI2NO4. The molecule has 0 N–H and O–H groups in total. The van der Waals surface area contributed by atoms with Gasteiger partial charge in [0.1, 0.15) is 6.61 Å². The van der Waals surface area contributed by atoms with Gasteiger partial charge in [-0.2, -0.15) is 0 Å². The van der Waals surface area contributed by atoms with Gasteiger partial charge in [0.25, 0.3) is 0 Å². The molecule has 3 aromatic rings. The lowest BCUT2D eigenvalue weighted by atomic mass is 10.1. The van der Waals surface area contributed by atoms with Gasteiger partial charge in [-0.15, -0.1) is 0 Å². The van der Waals surface area contributed by atoms with E-state index in [0.717, 1.165) is 22.7 Å². The van der Waals surface area contributed by atoms with Crippen LogP contribution in [0.5, 0.6) is 11.5 Å². The summed E-state index contributed by atoms with van der Waals surface area (Å²) in [6, 6.07) is 17.0. The summed E-state index contributed by atoms with van der Waals surface area (Å²) in [6.07, 6.45) is 1.65. The first-order valence-corrected chi connectivity index (χ1v) is 12.9. The quantitative estimate of drug-likeness (QED) is 0.152. The van der Waals surface area contributed by atoms with E-state index in [0.29, 0.717) is 28.7 Å². The highest BCUT2D eigenvalue weighted by atomic mass is 127. The predicted octanol–water partition coefficient (Wildman–Crippen LogP) is 7.24. The molecule has 4 rings (SSSR count). The van der Waals surface area contributed by atoms with Crippen molar-refractivity contribution in [3.63, 3.8) is 0 Å². The maximum Gasteiger partial charge on any atom is 0.363 e. The van der Waals surface area contributed by atoms with Crippen molar-refractivity contribution < 1.29 is 19.0 Å². The monoisotopic (exact) mass is 749 g/mol. The number of nitrogens with zero attached hydrogens (tertiary/aromatic N) is 1. The fourth-order valence-electron chi connectivity index (χ4n) is 3.07. The molecule has 0 saturated heterocycles. The summed E-state index contributed by atoms with van der Waals surface area (Å²) in [4.78, 5) is 16.8. The van der Waals surface area contributed by atoms with Crippen molar-refractivity contribution in [3.05, 3.63) is 93.6 Å². The first-order valence-electron chi connectivity index (χ1n) is 9.57. The average molecular weight is 751 g/mol. The molecule has 168 valence electrons. The van der Waals surface area contributed by atoms with Crippen molar-refractivity contribution in [3.8, 4) is 11.5 Å². The Morgan fingerprint density at radius 1 is 1.15 bits per heavy atom.